The van der Waals surface area contributed by atoms with Gasteiger partial charge in [0, 0.05) is 46.2 Å². The van der Waals surface area contributed by atoms with E-state index in [1.807, 2.05) is 7.05 Å². The lowest BCUT2D eigenvalue weighted by Crippen LogP contribution is -2.26. The molecule has 7 heteroatoms. The Hall–Kier alpha value is -1.89. The number of carbonyl (C=O) groups excluding carboxylic acids is 1. The van der Waals surface area contributed by atoms with E-state index in [2.05, 4.69) is 15.7 Å². The highest BCUT2D eigenvalue weighted by atomic mass is 16.2. The maximum Gasteiger partial charge on any atom is 0.268 e. The number of nitrogens with one attached hydrogen (secondary N) is 2. The molecule has 0 aliphatic rings. The van der Waals surface area contributed by atoms with Crippen LogP contribution in [0.4, 0.5) is 5.69 Å². The van der Waals surface area contributed by atoms with Crippen molar-refractivity contribution >= 4 is 11.6 Å². The van der Waals surface area contributed by atoms with E-state index < -0.39 is 0 Å². The number of carbonyl (C=O) groups is 1. The van der Waals surface area contributed by atoms with Crippen molar-refractivity contribution in [1.29, 1.82) is 0 Å². The number of anilines is 1. The average Bonchev–Trinajstić information content (AvgIpc) is 2.41. The average molecular weight is 281 g/mol. The Balaban J connectivity index is 2.47. The molecule has 2 N–H and O–H groups in total. The first-order valence-electron chi connectivity index (χ1n) is 6.70. The maximum atomic E-state index is 11.8. The van der Waals surface area contributed by atoms with Crippen LogP contribution in [0.25, 0.3) is 0 Å². The zero-order valence-corrected chi connectivity index (χ0v) is 12.3. The minimum absolute atomic E-state index is 0.0587. The zero-order valence-electron chi connectivity index (χ0n) is 12.3. The quantitative estimate of drug-likeness (QED) is 0.642. The third-order valence-corrected chi connectivity index (χ3v) is 2.83. The van der Waals surface area contributed by atoms with Crippen LogP contribution in [0, 0.1) is 0 Å². The lowest BCUT2D eigenvalue weighted by atomic mass is 10.3. The van der Waals surface area contributed by atoms with Crippen LogP contribution < -0.4 is 16.2 Å². The largest absolute Gasteiger partial charge is 0.382 e. The Morgan fingerprint density at radius 3 is 2.75 bits per heavy atom. The Morgan fingerprint density at radius 1 is 1.40 bits per heavy atom. The van der Waals surface area contributed by atoms with Crippen molar-refractivity contribution in [3.8, 4) is 0 Å². The minimum atomic E-state index is -0.156. The lowest BCUT2D eigenvalue weighted by Gasteiger charge is -2.10. The first-order valence-corrected chi connectivity index (χ1v) is 6.70. The molecule has 0 bridgehead atoms. The van der Waals surface area contributed by atoms with Gasteiger partial charge in [-0.25, -0.2) is 4.68 Å². The molecule has 1 aromatic heterocycles. The maximum absolute atomic E-state index is 11.8. The number of likely N-dealkylation sites (N-methyl/N-ethyl adjacent to an activating group) is 1. The summed E-state index contributed by atoms with van der Waals surface area (Å²) < 4.78 is 1.38. The molecule has 0 saturated heterocycles. The van der Waals surface area contributed by atoms with Crippen LogP contribution >= 0.6 is 0 Å². The van der Waals surface area contributed by atoms with Crippen LogP contribution in [-0.4, -0.2) is 54.8 Å². The molecule has 1 rings (SSSR count). The van der Waals surface area contributed by atoms with Crippen LogP contribution in [0.15, 0.2) is 17.1 Å². The Bertz CT molecular complexity index is 484. The molecule has 0 unspecified atom stereocenters. The van der Waals surface area contributed by atoms with Gasteiger partial charge in [-0.15, -0.1) is 0 Å². The molecular weight excluding hydrogens is 258 g/mol. The van der Waals surface area contributed by atoms with Crippen molar-refractivity contribution in [2.75, 3.05) is 39.5 Å². The van der Waals surface area contributed by atoms with Crippen LogP contribution in [-0.2, 0) is 11.3 Å². The van der Waals surface area contributed by atoms with E-state index in [0.717, 1.165) is 13.1 Å². The third-order valence-electron chi connectivity index (χ3n) is 2.83. The van der Waals surface area contributed by atoms with Crippen LogP contribution in [0.2, 0.25) is 0 Å². The monoisotopic (exact) mass is 281 g/mol. The topological polar surface area (TPSA) is 79.3 Å². The summed E-state index contributed by atoms with van der Waals surface area (Å²) in [5.74, 6) is 0.0587. The molecule has 0 aliphatic heterocycles. The number of hydrogen-bond acceptors (Lipinski definition) is 5. The molecule has 0 fully saturated rings. The number of hydrogen-bond donors (Lipinski definition) is 2. The third kappa shape index (κ3) is 5.40. The van der Waals surface area contributed by atoms with Gasteiger partial charge in [0.25, 0.3) is 5.56 Å². The molecule has 7 nitrogen and oxygen atoms in total. The summed E-state index contributed by atoms with van der Waals surface area (Å²) in [6, 6.07) is 1.52. The predicted octanol–water partition coefficient (Wildman–Crippen LogP) is -0.257. The first kappa shape index (κ1) is 16.2. The molecule has 20 heavy (non-hydrogen) atoms. The molecule has 0 saturated carbocycles. The van der Waals surface area contributed by atoms with Crippen molar-refractivity contribution in [1.82, 2.24) is 20.0 Å². The summed E-state index contributed by atoms with van der Waals surface area (Å²) in [6.45, 7) is 2.00. The van der Waals surface area contributed by atoms with E-state index in [9.17, 15) is 9.59 Å². The van der Waals surface area contributed by atoms with Gasteiger partial charge < -0.3 is 15.5 Å². The molecule has 0 aliphatic carbocycles. The highest BCUT2D eigenvalue weighted by Crippen LogP contribution is 2.00. The van der Waals surface area contributed by atoms with E-state index in [0.29, 0.717) is 25.1 Å². The molecule has 1 aromatic rings. The van der Waals surface area contributed by atoms with Gasteiger partial charge in [0.1, 0.15) is 0 Å². The molecule has 0 spiro atoms. The summed E-state index contributed by atoms with van der Waals surface area (Å²) in [7, 11) is 5.31. The normalized spacial score (nSPS) is 10.3. The second kappa shape index (κ2) is 8.31. The fraction of sp³-hybridized carbons (Fsp3) is 0.615. The van der Waals surface area contributed by atoms with Gasteiger partial charge in [0.2, 0.25) is 5.91 Å². The SMILES string of the molecule is CNCCNc1cnn(CCCC(=O)N(C)C)c(=O)c1. The van der Waals surface area contributed by atoms with E-state index in [-0.39, 0.29) is 11.5 Å². The second-order valence-electron chi connectivity index (χ2n) is 4.73. The Kier molecular flexibility index (Phi) is 6.72. The van der Waals surface area contributed by atoms with Gasteiger partial charge in [-0.1, -0.05) is 0 Å². The summed E-state index contributed by atoms with van der Waals surface area (Å²) in [4.78, 5) is 24.8. The number of nitrogens with zero attached hydrogens (tertiary/aromatic N) is 3. The van der Waals surface area contributed by atoms with Crippen molar-refractivity contribution in [3.05, 3.63) is 22.6 Å². The molecule has 0 radical (unpaired) electrons. The van der Waals surface area contributed by atoms with E-state index in [4.69, 9.17) is 0 Å². The number of rotatable bonds is 8. The fourth-order valence-corrected chi connectivity index (χ4v) is 1.63. The van der Waals surface area contributed by atoms with Crippen LogP contribution in [0.5, 0.6) is 0 Å². The van der Waals surface area contributed by atoms with Crippen LogP contribution in [0.3, 0.4) is 0 Å². The predicted molar refractivity (Wildman–Crippen MR) is 78.8 cm³/mol. The number of amides is 1. The molecular formula is C13H23N5O2. The zero-order chi connectivity index (χ0) is 15.0. The van der Waals surface area contributed by atoms with Crippen molar-refractivity contribution in [2.45, 2.75) is 19.4 Å². The molecule has 1 heterocycles. The second-order valence-corrected chi connectivity index (χ2v) is 4.73. The van der Waals surface area contributed by atoms with Crippen molar-refractivity contribution in [3.63, 3.8) is 0 Å². The van der Waals surface area contributed by atoms with Gasteiger partial charge in [-0.2, -0.15) is 5.10 Å². The summed E-state index contributed by atoms with van der Waals surface area (Å²) in [6.07, 6.45) is 2.66. The number of aryl methyl sites for hydroxylation is 1. The fourth-order valence-electron chi connectivity index (χ4n) is 1.63. The van der Waals surface area contributed by atoms with E-state index in [1.54, 1.807) is 25.2 Å². The minimum Gasteiger partial charge on any atom is -0.382 e. The standard InChI is InChI=1S/C13H23N5O2/c1-14-6-7-15-11-9-13(20)18(16-10-11)8-4-5-12(19)17(2)3/h9-10,14-15H,4-8H2,1-3H3. The summed E-state index contributed by atoms with van der Waals surface area (Å²) in [5.41, 5.74) is 0.558. The summed E-state index contributed by atoms with van der Waals surface area (Å²) >= 11 is 0. The van der Waals surface area contributed by atoms with Gasteiger partial charge in [0.15, 0.2) is 0 Å². The molecule has 1 amide bonds. The van der Waals surface area contributed by atoms with Crippen molar-refractivity contribution < 1.29 is 4.79 Å². The Morgan fingerprint density at radius 2 is 2.15 bits per heavy atom. The number of aromatic nitrogens is 2. The highest BCUT2D eigenvalue weighted by Gasteiger charge is 2.05. The van der Waals surface area contributed by atoms with Gasteiger partial charge in [-0.3, -0.25) is 9.59 Å². The van der Waals surface area contributed by atoms with E-state index in [1.165, 1.54) is 10.7 Å². The van der Waals surface area contributed by atoms with Crippen LogP contribution in [0.1, 0.15) is 12.8 Å². The molecule has 0 atom stereocenters. The Labute approximate surface area is 119 Å². The van der Waals surface area contributed by atoms with Gasteiger partial charge >= 0.3 is 0 Å². The van der Waals surface area contributed by atoms with Crippen molar-refractivity contribution in [2.24, 2.45) is 0 Å². The van der Waals surface area contributed by atoms with Gasteiger partial charge in [-0.05, 0) is 13.5 Å². The highest BCUT2D eigenvalue weighted by molar-refractivity contribution is 5.75. The van der Waals surface area contributed by atoms with E-state index >= 15 is 0 Å². The lowest BCUT2D eigenvalue weighted by molar-refractivity contribution is -0.128. The smallest absolute Gasteiger partial charge is 0.268 e. The molecule has 0 aromatic carbocycles. The molecule has 112 valence electrons. The van der Waals surface area contributed by atoms with Gasteiger partial charge in [0.05, 0.1) is 11.9 Å². The first-order chi connectivity index (χ1) is 9.54. The summed E-state index contributed by atoms with van der Waals surface area (Å²) in [5, 5.41) is 10.2.